The van der Waals surface area contributed by atoms with Crippen LogP contribution in [-0.4, -0.2) is 13.0 Å². The first kappa shape index (κ1) is 17.7. The summed E-state index contributed by atoms with van der Waals surface area (Å²) in [6.45, 7) is 0. The quantitative estimate of drug-likeness (QED) is 0.788. The summed E-state index contributed by atoms with van der Waals surface area (Å²) in [6.07, 6.45) is -3.87. The van der Waals surface area contributed by atoms with Gasteiger partial charge in [0.15, 0.2) is 0 Å². The van der Waals surface area contributed by atoms with Gasteiger partial charge in [-0.1, -0.05) is 24.3 Å². The number of hydrogen-bond acceptors (Lipinski definition) is 3. The molecule has 0 saturated carbocycles. The molecule has 7 heteroatoms. The molecule has 0 saturated heterocycles. The van der Waals surface area contributed by atoms with Crippen LogP contribution in [0.1, 0.15) is 17.5 Å². The number of anilines is 1. The van der Waals surface area contributed by atoms with E-state index in [4.69, 9.17) is 4.74 Å². The molecule has 0 fully saturated rings. The third-order valence-corrected chi connectivity index (χ3v) is 3.37. The van der Waals surface area contributed by atoms with Crippen LogP contribution >= 0.6 is 0 Å². The Kier molecular flexibility index (Phi) is 5.68. The SMILES string of the molecule is COc1ccc(CCC(=O)NNc2ccccc2C(F)(F)F)cc1. The predicted molar refractivity (Wildman–Crippen MR) is 84.5 cm³/mol. The van der Waals surface area contributed by atoms with E-state index in [1.807, 2.05) is 12.1 Å². The molecule has 0 aliphatic carbocycles. The van der Waals surface area contributed by atoms with Gasteiger partial charge >= 0.3 is 6.18 Å². The highest BCUT2D eigenvalue weighted by molar-refractivity contribution is 5.78. The minimum Gasteiger partial charge on any atom is -0.497 e. The van der Waals surface area contributed by atoms with Crippen molar-refractivity contribution in [1.29, 1.82) is 0 Å². The van der Waals surface area contributed by atoms with Crippen molar-refractivity contribution in [1.82, 2.24) is 5.43 Å². The van der Waals surface area contributed by atoms with Crippen LogP contribution in [0.4, 0.5) is 18.9 Å². The second-order valence-electron chi connectivity index (χ2n) is 5.06. The van der Waals surface area contributed by atoms with Gasteiger partial charge in [-0.05, 0) is 36.2 Å². The summed E-state index contributed by atoms with van der Waals surface area (Å²) in [5, 5.41) is 0. The Morgan fingerprint density at radius 1 is 1.08 bits per heavy atom. The summed E-state index contributed by atoms with van der Waals surface area (Å²) in [7, 11) is 1.56. The lowest BCUT2D eigenvalue weighted by Crippen LogP contribution is -2.30. The number of hydrazine groups is 1. The molecule has 1 amide bonds. The molecule has 4 nitrogen and oxygen atoms in total. The molecule has 2 aromatic carbocycles. The van der Waals surface area contributed by atoms with Crippen molar-refractivity contribution in [3.63, 3.8) is 0 Å². The summed E-state index contributed by atoms with van der Waals surface area (Å²) in [6, 6.07) is 12.2. The highest BCUT2D eigenvalue weighted by atomic mass is 19.4. The van der Waals surface area contributed by atoms with Gasteiger partial charge in [0, 0.05) is 6.42 Å². The molecule has 0 radical (unpaired) electrons. The van der Waals surface area contributed by atoms with Crippen LogP contribution in [0.3, 0.4) is 0 Å². The van der Waals surface area contributed by atoms with E-state index in [2.05, 4.69) is 10.9 Å². The Balaban J connectivity index is 1.87. The summed E-state index contributed by atoms with van der Waals surface area (Å²) in [5.41, 5.74) is 4.53. The molecule has 0 heterocycles. The second-order valence-corrected chi connectivity index (χ2v) is 5.06. The van der Waals surface area contributed by atoms with E-state index < -0.39 is 17.6 Å². The molecule has 24 heavy (non-hydrogen) atoms. The van der Waals surface area contributed by atoms with E-state index >= 15 is 0 Å². The number of rotatable bonds is 6. The lowest BCUT2D eigenvalue weighted by molar-refractivity contribution is -0.137. The van der Waals surface area contributed by atoms with Crippen LogP contribution in [0.25, 0.3) is 0 Å². The fraction of sp³-hybridized carbons (Fsp3) is 0.235. The molecule has 0 atom stereocenters. The van der Waals surface area contributed by atoms with Gasteiger partial charge in [0.05, 0.1) is 18.4 Å². The highest BCUT2D eigenvalue weighted by Gasteiger charge is 2.33. The van der Waals surface area contributed by atoms with Crippen molar-refractivity contribution < 1.29 is 22.7 Å². The summed E-state index contributed by atoms with van der Waals surface area (Å²) < 4.78 is 43.6. The minimum atomic E-state index is -4.49. The first-order chi connectivity index (χ1) is 11.4. The Morgan fingerprint density at radius 3 is 2.38 bits per heavy atom. The zero-order valence-electron chi connectivity index (χ0n) is 13.0. The number of amides is 1. The number of carbonyl (C=O) groups excluding carboxylic acids is 1. The predicted octanol–water partition coefficient (Wildman–Crippen LogP) is 3.79. The van der Waals surface area contributed by atoms with E-state index in [9.17, 15) is 18.0 Å². The van der Waals surface area contributed by atoms with Crippen LogP contribution in [0.15, 0.2) is 48.5 Å². The number of ether oxygens (including phenoxy) is 1. The maximum Gasteiger partial charge on any atom is 0.418 e. The lowest BCUT2D eigenvalue weighted by atomic mass is 10.1. The van der Waals surface area contributed by atoms with E-state index in [-0.39, 0.29) is 12.1 Å². The summed E-state index contributed by atoms with van der Waals surface area (Å²) in [5.74, 6) is 0.316. The van der Waals surface area contributed by atoms with Crippen molar-refractivity contribution in [3.8, 4) is 5.75 Å². The Hall–Kier alpha value is -2.70. The monoisotopic (exact) mass is 338 g/mol. The van der Waals surface area contributed by atoms with Gasteiger partial charge in [0.1, 0.15) is 5.75 Å². The number of benzene rings is 2. The maximum absolute atomic E-state index is 12.8. The third-order valence-electron chi connectivity index (χ3n) is 3.37. The summed E-state index contributed by atoms with van der Waals surface area (Å²) >= 11 is 0. The fourth-order valence-electron chi connectivity index (χ4n) is 2.09. The minimum absolute atomic E-state index is 0.146. The molecule has 0 unspecified atom stereocenters. The van der Waals surface area contributed by atoms with Crippen LogP contribution in [0.5, 0.6) is 5.75 Å². The Labute approximate surface area is 137 Å². The van der Waals surface area contributed by atoms with Crippen LogP contribution in [-0.2, 0) is 17.4 Å². The summed E-state index contributed by atoms with van der Waals surface area (Å²) in [4.78, 5) is 11.8. The second kappa shape index (κ2) is 7.72. The van der Waals surface area contributed by atoms with Gasteiger partial charge in [0.25, 0.3) is 0 Å². The zero-order chi connectivity index (χ0) is 17.6. The molecule has 2 N–H and O–H groups in total. The molecule has 0 aromatic heterocycles. The number of nitrogens with one attached hydrogen (secondary N) is 2. The number of alkyl halides is 3. The smallest absolute Gasteiger partial charge is 0.418 e. The molecule has 2 rings (SSSR count). The van der Waals surface area contributed by atoms with Gasteiger partial charge in [-0.3, -0.25) is 15.6 Å². The average molecular weight is 338 g/mol. The standard InChI is InChI=1S/C17H17F3N2O2/c1-24-13-9-6-12(7-10-13)8-11-16(23)22-21-15-5-3-2-4-14(15)17(18,19)20/h2-7,9-10,21H,8,11H2,1H3,(H,22,23). The van der Waals surface area contributed by atoms with Crippen LogP contribution in [0.2, 0.25) is 0 Å². The van der Waals surface area contributed by atoms with Gasteiger partial charge in [-0.15, -0.1) is 0 Å². The molecular weight excluding hydrogens is 321 g/mol. The van der Waals surface area contributed by atoms with Crippen molar-refractivity contribution in [2.45, 2.75) is 19.0 Å². The number of para-hydroxylation sites is 1. The van der Waals surface area contributed by atoms with Crippen molar-refractivity contribution >= 4 is 11.6 Å². The molecular formula is C17H17F3N2O2. The van der Waals surface area contributed by atoms with Gasteiger partial charge in [-0.2, -0.15) is 13.2 Å². The number of methoxy groups -OCH3 is 1. The molecule has 0 aliphatic rings. The Bertz CT molecular complexity index is 685. The van der Waals surface area contributed by atoms with Crippen molar-refractivity contribution in [2.75, 3.05) is 12.5 Å². The fourth-order valence-corrected chi connectivity index (χ4v) is 2.09. The number of halogens is 3. The van der Waals surface area contributed by atoms with Crippen molar-refractivity contribution in [3.05, 3.63) is 59.7 Å². The third kappa shape index (κ3) is 4.91. The van der Waals surface area contributed by atoms with Gasteiger partial charge in [0.2, 0.25) is 5.91 Å². The molecule has 0 bridgehead atoms. The Morgan fingerprint density at radius 2 is 1.75 bits per heavy atom. The van der Waals surface area contributed by atoms with Crippen LogP contribution in [0, 0.1) is 0 Å². The lowest BCUT2D eigenvalue weighted by Gasteiger charge is -2.14. The largest absolute Gasteiger partial charge is 0.497 e. The van der Waals surface area contributed by atoms with E-state index in [1.54, 1.807) is 19.2 Å². The average Bonchev–Trinajstić information content (AvgIpc) is 2.58. The highest BCUT2D eigenvalue weighted by Crippen LogP contribution is 2.34. The number of aryl methyl sites for hydroxylation is 1. The molecule has 2 aromatic rings. The van der Waals surface area contributed by atoms with Crippen molar-refractivity contribution in [2.24, 2.45) is 0 Å². The number of carbonyl (C=O) groups is 1. The normalized spacial score (nSPS) is 11.0. The first-order valence-corrected chi connectivity index (χ1v) is 7.24. The van der Waals surface area contributed by atoms with E-state index in [0.29, 0.717) is 12.2 Å². The maximum atomic E-state index is 12.8. The molecule has 0 aliphatic heterocycles. The topological polar surface area (TPSA) is 50.4 Å². The molecule has 0 spiro atoms. The van der Waals surface area contributed by atoms with Crippen LogP contribution < -0.4 is 15.6 Å². The zero-order valence-corrected chi connectivity index (χ0v) is 13.0. The first-order valence-electron chi connectivity index (χ1n) is 7.24. The van der Waals surface area contributed by atoms with Gasteiger partial charge in [-0.25, -0.2) is 0 Å². The molecule has 128 valence electrons. The number of hydrogen-bond donors (Lipinski definition) is 2. The van der Waals surface area contributed by atoms with E-state index in [1.165, 1.54) is 18.2 Å². The van der Waals surface area contributed by atoms with Gasteiger partial charge < -0.3 is 4.74 Å². The van der Waals surface area contributed by atoms with E-state index in [0.717, 1.165) is 11.6 Å².